The molecule has 0 fully saturated rings. The van der Waals surface area contributed by atoms with Crippen molar-refractivity contribution in [3.05, 3.63) is 53.6 Å². The second-order valence-electron chi connectivity index (χ2n) is 5.18. The lowest BCUT2D eigenvalue weighted by molar-refractivity contribution is 0.112. The summed E-state index contributed by atoms with van der Waals surface area (Å²) in [7, 11) is 3.26. The number of methoxy groups -OCH3 is 2. The van der Waals surface area contributed by atoms with Gasteiger partial charge in [0.05, 0.1) is 20.8 Å². The van der Waals surface area contributed by atoms with Crippen LogP contribution in [-0.4, -0.2) is 27.1 Å². The second-order valence-corrected chi connectivity index (χ2v) is 5.18. The highest BCUT2D eigenvalue weighted by molar-refractivity contribution is 5.76. The number of unbranched alkanes of at least 4 members (excludes halogenated alkanes) is 1. The summed E-state index contributed by atoms with van der Waals surface area (Å²) < 4.78 is 16.1. The third-order valence-corrected chi connectivity index (χ3v) is 3.60. The molecule has 0 atom stereocenters. The summed E-state index contributed by atoms with van der Waals surface area (Å²) in [6, 6.07) is 13.3. The summed E-state index contributed by atoms with van der Waals surface area (Å²) in [6.07, 6.45) is 3.76. The van der Waals surface area contributed by atoms with Crippen molar-refractivity contribution in [3.8, 4) is 17.2 Å². The number of benzene rings is 2. The molecule has 2 rings (SSSR count). The second kappa shape index (κ2) is 8.83. The highest BCUT2D eigenvalue weighted by Gasteiger charge is 2.05. The van der Waals surface area contributed by atoms with Gasteiger partial charge in [-0.2, -0.15) is 0 Å². The Morgan fingerprint density at radius 2 is 1.70 bits per heavy atom. The Kier molecular flexibility index (Phi) is 6.48. The smallest absolute Gasteiger partial charge is 0.161 e. The van der Waals surface area contributed by atoms with Crippen molar-refractivity contribution in [2.75, 3.05) is 20.8 Å². The third kappa shape index (κ3) is 5.02. The van der Waals surface area contributed by atoms with E-state index in [1.807, 2.05) is 12.1 Å². The summed E-state index contributed by atoms with van der Waals surface area (Å²) >= 11 is 0. The monoisotopic (exact) mass is 314 g/mol. The van der Waals surface area contributed by atoms with Crippen LogP contribution < -0.4 is 14.2 Å². The number of aryl methyl sites for hydroxylation is 1. The standard InChI is InChI=1S/C19H22O4/c1-21-17-9-6-15(7-10-17)5-3-4-12-23-19-13-16(14-20)8-11-18(19)22-2/h6-11,13-14H,3-5,12H2,1-2H3. The Labute approximate surface area is 137 Å². The number of carbonyl (C=O) groups is 1. The van der Waals surface area contributed by atoms with Crippen molar-refractivity contribution in [1.82, 2.24) is 0 Å². The van der Waals surface area contributed by atoms with Crippen molar-refractivity contribution < 1.29 is 19.0 Å². The first-order valence-electron chi connectivity index (χ1n) is 7.65. The molecule has 0 spiro atoms. The van der Waals surface area contributed by atoms with Gasteiger partial charge in [0.1, 0.15) is 12.0 Å². The molecule has 2 aromatic carbocycles. The summed E-state index contributed by atoms with van der Waals surface area (Å²) in [4.78, 5) is 10.8. The fourth-order valence-electron chi connectivity index (χ4n) is 2.28. The van der Waals surface area contributed by atoms with E-state index in [0.29, 0.717) is 23.7 Å². The lowest BCUT2D eigenvalue weighted by atomic mass is 10.1. The zero-order chi connectivity index (χ0) is 16.5. The molecular weight excluding hydrogens is 292 g/mol. The highest BCUT2D eigenvalue weighted by Crippen LogP contribution is 2.27. The maximum atomic E-state index is 10.8. The number of ether oxygens (including phenoxy) is 3. The number of hydrogen-bond donors (Lipinski definition) is 0. The van der Waals surface area contributed by atoms with Gasteiger partial charge in [-0.25, -0.2) is 0 Å². The lowest BCUT2D eigenvalue weighted by Gasteiger charge is -2.11. The number of aldehydes is 1. The van der Waals surface area contributed by atoms with Crippen LogP contribution in [-0.2, 0) is 6.42 Å². The van der Waals surface area contributed by atoms with Gasteiger partial charge in [0.2, 0.25) is 0 Å². The van der Waals surface area contributed by atoms with Crippen molar-refractivity contribution in [2.45, 2.75) is 19.3 Å². The van der Waals surface area contributed by atoms with Crippen LogP contribution >= 0.6 is 0 Å². The minimum absolute atomic E-state index is 0.582. The van der Waals surface area contributed by atoms with Crippen LogP contribution in [0.3, 0.4) is 0 Å². The molecule has 23 heavy (non-hydrogen) atoms. The van der Waals surface area contributed by atoms with Gasteiger partial charge in [0.15, 0.2) is 11.5 Å². The number of hydrogen-bond acceptors (Lipinski definition) is 4. The zero-order valence-electron chi connectivity index (χ0n) is 13.6. The Balaban J connectivity index is 1.77. The van der Waals surface area contributed by atoms with E-state index in [-0.39, 0.29) is 0 Å². The minimum Gasteiger partial charge on any atom is -0.497 e. The molecule has 0 bridgehead atoms. The summed E-state index contributed by atoms with van der Waals surface area (Å²) in [5, 5.41) is 0. The molecule has 4 heteroatoms. The highest BCUT2D eigenvalue weighted by atomic mass is 16.5. The summed E-state index contributed by atoms with van der Waals surface area (Å²) in [5.41, 5.74) is 1.87. The first-order valence-corrected chi connectivity index (χ1v) is 7.65. The molecule has 0 saturated carbocycles. The molecule has 0 saturated heterocycles. The molecular formula is C19H22O4. The van der Waals surface area contributed by atoms with Gasteiger partial charge in [0, 0.05) is 5.56 Å². The van der Waals surface area contributed by atoms with E-state index < -0.39 is 0 Å². The predicted octanol–water partition coefficient (Wildman–Crippen LogP) is 3.92. The molecule has 2 aromatic rings. The van der Waals surface area contributed by atoms with Crippen molar-refractivity contribution in [1.29, 1.82) is 0 Å². The fourth-order valence-corrected chi connectivity index (χ4v) is 2.28. The SMILES string of the molecule is COc1ccc(CCCCOc2cc(C=O)ccc2OC)cc1. The molecule has 0 aliphatic heterocycles. The molecule has 0 heterocycles. The maximum absolute atomic E-state index is 10.8. The molecule has 4 nitrogen and oxygen atoms in total. The zero-order valence-corrected chi connectivity index (χ0v) is 13.6. The van der Waals surface area contributed by atoms with Crippen LogP contribution in [0, 0.1) is 0 Å². The summed E-state index contributed by atoms with van der Waals surface area (Å²) in [6.45, 7) is 0.592. The molecule has 0 unspecified atom stereocenters. The van der Waals surface area contributed by atoms with E-state index >= 15 is 0 Å². The van der Waals surface area contributed by atoms with Crippen LogP contribution in [0.15, 0.2) is 42.5 Å². The van der Waals surface area contributed by atoms with Gasteiger partial charge >= 0.3 is 0 Å². The van der Waals surface area contributed by atoms with E-state index in [0.717, 1.165) is 31.3 Å². The Bertz CT molecular complexity index is 620. The molecule has 0 N–H and O–H groups in total. The van der Waals surface area contributed by atoms with E-state index in [1.165, 1.54) is 5.56 Å². The quantitative estimate of drug-likeness (QED) is 0.520. The Morgan fingerprint density at radius 3 is 2.35 bits per heavy atom. The van der Waals surface area contributed by atoms with E-state index in [9.17, 15) is 4.79 Å². The van der Waals surface area contributed by atoms with Crippen LogP contribution in [0.5, 0.6) is 17.2 Å². The molecule has 122 valence electrons. The average molecular weight is 314 g/mol. The van der Waals surface area contributed by atoms with E-state index in [1.54, 1.807) is 32.4 Å². The van der Waals surface area contributed by atoms with Crippen LogP contribution in [0.4, 0.5) is 0 Å². The van der Waals surface area contributed by atoms with Gasteiger partial charge in [-0.3, -0.25) is 4.79 Å². The lowest BCUT2D eigenvalue weighted by Crippen LogP contribution is -2.01. The molecule has 0 aromatic heterocycles. The van der Waals surface area contributed by atoms with E-state index in [2.05, 4.69) is 12.1 Å². The Morgan fingerprint density at radius 1 is 0.913 bits per heavy atom. The normalized spacial score (nSPS) is 10.2. The maximum Gasteiger partial charge on any atom is 0.161 e. The van der Waals surface area contributed by atoms with Gasteiger partial charge in [-0.15, -0.1) is 0 Å². The largest absolute Gasteiger partial charge is 0.497 e. The van der Waals surface area contributed by atoms with E-state index in [4.69, 9.17) is 14.2 Å². The Hall–Kier alpha value is -2.49. The van der Waals surface area contributed by atoms with Gasteiger partial charge < -0.3 is 14.2 Å². The third-order valence-electron chi connectivity index (χ3n) is 3.60. The number of rotatable bonds is 9. The van der Waals surface area contributed by atoms with Crippen LogP contribution in [0.2, 0.25) is 0 Å². The van der Waals surface area contributed by atoms with Crippen molar-refractivity contribution in [2.24, 2.45) is 0 Å². The van der Waals surface area contributed by atoms with Gasteiger partial charge in [-0.1, -0.05) is 12.1 Å². The number of carbonyl (C=O) groups excluding carboxylic acids is 1. The molecule has 0 radical (unpaired) electrons. The first kappa shape index (κ1) is 16.9. The minimum atomic E-state index is 0.582. The van der Waals surface area contributed by atoms with Crippen LogP contribution in [0.25, 0.3) is 0 Å². The molecule has 0 amide bonds. The topological polar surface area (TPSA) is 44.8 Å². The van der Waals surface area contributed by atoms with Crippen molar-refractivity contribution in [3.63, 3.8) is 0 Å². The molecule has 0 aliphatic carbocycles. The van der Waals surface area contributed by atoms with Gasteiger partial charge in [0.25, 0.3) is 0 Å². The summed E-state index contributed by atoms with van der Waals surface area (Å²) in [5.74, 6) is 2.13. The predicted molar refractivity (Wildman–Crippen MR) is 89.8 cm³/mol. The fraction of sp³-hybridized carbons (Fsp3) is 0.316. The first-order chi connectivity index (χ1) is 11.3. The average Bonchev–Trinajstić information content (AvgIpc) is 2.61. The molecule has 0 aliphatic rings. The van der Waals surface area contributed by atoms with Crippen molar-refractivity contribution >= 4 is 6.29 Å². The van der Waals surface area contributed by atoms with Gasteiger partial charge in [-0.05, 0) is 55.2 Å². The van der Waals surface area contributed by atoms with Crippen LogP contribution in [0.1, 0.15) is 28.8 Å².